The zero-order chi connectivity index (χ0) is 21.1. The molecule has 1 amide bonds. The molecule has 1 unspecified atom stereocenters. The average molecular weight is 411 g/mol. The summed E-state index contributed by atoms with van der Waals surface area (Å²) >= 11 is 0. The number of hydrogen-bond acceptors (Lipinski definition) is 5. The van der Waals surface area contributed by atoms with Crippen LogP contribution < -0.4 is 5.32 Å². The maximum absolute atomic E-state index is 13.3. The van der Waals surface area contributed by atoms with E-state index in [9.17, 15) is 9.59 Å². The van der Waals surface area contributed by atoms with Gasteiger partial charge in [-0.05, 0) is 43.7 Å². The molecule has 1 aliphatic heterocycles. The van der Waals surface area contributed by atoms with Crippen LogP contribution in [0.25, 0.3) is 0 Å². The number of ether oxygens (including phenoxy) is 1. The van der Waals surface area contributed by atoms with Gasteiger partial charge in [-0.2, -0.15) is 5.10 Å². The van der Waals surface area contributed by atoms with E-state index in [0.717, 1.165) is 43.5 Å². The quantitative estimate of drug-likeness (QED) is 0.738. The third-order valence-electron chi connectivity index (χ3n) is 6.14. The molecule has 2 heterocycles. The van der Waals surface area contributed by atoms with Crippen molar-refractivity contribution in [2.75, 3.05) is 19.7 Å². The van der Waals surface area contributed by atoms with Crippen LogP contribution in [0, 0.1) is 0 Å². The van der Waals surface area contributed by atoms with Gasteiger partial charge in [-0.1, -0.05) is 24.3 Å². The summed E-state index contributed by atoms with van der Waals surface area (Å²) in [7, 11) is 1.93. The Morgan fingerprint density at radius 1 is 1.23 bits per heavy atom. The number of esters is 1. The zero-order valence-corrected chi connectivity index (χ0v) is 17.8. The highest BCUT2D eigenvalue weighted by Gasteiger charge is 2.31. The molecule has 1 aromatic carbocycles. The van der Waals surface area contributed by atoms with Gasteiger partial charge >= 0.3 is 5.97 Å². The monoisotopic (exact) mass is 410 g/mol. The Labute approximate surface area is 177 Å². The molecule has 0 fully saturated rings. The predicted molar refractivity (Wildman–Crippen MR) is 113 cm³/mol. The van der Waals surface area contributed by atoms with E-state index < -0.39 is 0 Å². The van der Waals surface area contributed by atoms with Crippen molar-refractivity contribution >= 4 is 11.9 Å². The minimum atomic E-state index is -0.177. The smallest absolute Gasteiger partial charge is 0.307 e. The lowest BCUT2D eigenvalue weighted by Gasteiger charge is -2.29. The van der Waals surface area contributed by atoms with E-state index in [4.69, 9.17) is 4.74 Å². The first-order valence-corrected chi connectivity index (χ1v) is 10.9. The first kappa shape index (κ1) is 20.6. The Morgan fingerprint density at radius 2 is 2.03 bits per heavy atom. The Hall–Kier alpha value is -2.67. The van der Waals surface area contributed by atoms with Gasteiger partial charge in [0.15, 0.2) is 5.69 Å². The molecule has 0 bridgehead atoms. The summed E-state index contributed by atoms with van der Waals surface area (Å²) in [6.45, 7) is 4.18. The lowest BCUT2D eigenvalue weighted by molar-refractivity contribution is -0.143. The summed E-state index contributed by atoms with van der Waals surface area (Å²) in [4.78, 5) is 26.8. The van der Waals surface area contributed by atoms with Crippen LogP contribution in [-0.2, 0) is 42.4 Å². The molecule has 1 aromatic heterocycles. The summed E-state index contributed by atoms with van der Waals surface area (Å²) in [5.74, 6) is -0.155. The van der Waals surface area contributed by atoms with Crippen molar-refractivity contribution in [2.24, 2.45) is 7.05 Å². The summed E-state index contributed by atoms with van der Waals surface area (Å²) in [6.07, 6.45) is 3.86. The number of benzene rings is 1. The molecular formula is C23H30N4O3. The maximum Gasteiger partial charge on any atom is 0.307 e. The van der Waals surface area contributed by atoms with Gasteiger partial charge in [0, 0.05) is 44.0 Å². The van der Waals surface area contributed by atoms with Crippen LogP contribution in [0.2, 0.25) is 0 Å². The van der Waals surface area contributed by atoms with Crippen molar-refractivity contribution in [3.8, 4) is 0 Å². The van der Waals surface area contributed by atoms with E-state index in [1.165, 1.54) is 11.1 Å². The molecule has 2 aliphatic rings. The van der Waals surface area contributed by atoms with E-state index in [-0.39, 0.29) is 17.9 Å². The van der Waals surface area contributed by atoms with Crippen LogP contribution >= 0.6 is 0 Å². The van der Waals surface area contributed by atoms with Crippen LogP contribution in [0.5, 0.6) is 0 Å². The van der Waals surface area contributed by atoms with Gasteiger partial charge < -0.3 is 15.0 Å². The number of fused-ring (bicyclic) bond motifs is 2. The molecular weight excluding hydrogens is 380 g/mol. The number of nitrogens with one attached hydrogen (secondary N) is 1. The Kier molecular flexibility index (Phi) is 6.18. The van der Waals surface area contributed by atoms with E-state index >= 15 is 0 Å². The van der Waals surface area contributed by atoms with Crippen LogP contribution in [0.3, 0.4) is 0 Å². The number of aryl methyl sites for hydroxylation is 1. The molecule has 1 atom stereocenters. The van der Waals surface area contributed by atoms with E-state index in [0.29, 0.717) is 31.8 Å². The molecule has 7 heteroatoms. The van der Waals surface area contributed by atoms with E-state index in [1.807, 2.05) is 29.6 Å². The normalized spacial score (nSPS) is 17.9. The first-order valence-electron chi connectivity index (χ1n) is 10.9. The molecule has 1 aliphatic carbocycles. The minimum absolute atomic E-state index is 0.0218. The van der Waals surface area contributed by atoms with E-state index in [2.05, 4.69) is 28.6 Å². The largest absolute Gasteiger partial charge is 0.466 e. The zero-order valence-electron chi connectivity index (χ0n) is 17.8. The summed E-state index contributed by atoms with van der Waals surface area (Å²) in [5.41, 5.74) is 5.35. The van der Waals surface area contributed by atoms with Gasteiger partial charge in [0.2, 0.25) is 0 Å². The third kappa shape index (κ3) is 4.26. The standard InChI is InChI=1S/C23H30N4O3/c1-3-30-21(28)10-12-24-18-8-9-20-19(14-18)22(25-26(20)2)23(29)27-13-11-16-6-4-5-7-17(16)15-27/h4-7,18,24H,3,8-15H2,1-2H3. The van der Waals surface area contributed by atoms with Crippen molar-refractivity contribution < 1.29 is 14.3 Å². The fraction of sp³-hybridized carbons (Fsp3) is 0.522. The number of carbonyl (C=O) groups excluding carboxylic acids is 2. The number of aromatic nitrogens is 2. The number of rotatable bonds is 6. The molecule has 0 saturated heterocycles. The average Bonchev–Trinajstić information content (AvgIpc) is 3.09. The van der Waals surface area contributed by atoms with Gasteiger partial charge in [-0.15, -0.1) is 0 Å². The number of amides is 1. The van der Waals surface area contributed by atoms with Crippen LogP contribution in [-0.4, -0.2) is 52.3 Å². The lowest BCUT2D eigenvalue weighted by atomic mass is 9.90. The Morgan fingerprint density at radius 3 is 2.83 bits per heavy atom. The lowest BCUT2D eigenvalue weighted by Crippen LogP contribution is -2.38. The molecule has 160 valence electrons. The van der Waals surface area contributed by atoms with Gasteiger partial charge in [0.1, 0.15) is 0 Å². The van der Waals surface area contributed by atoms with Gasteiger partial charge in [-0.3, -0.25) is 14.3 Å². The van der Waals surface area contributed by atoms with Crippen molar-refractivity contribution in [2.45, 2.75) is 51.6 Å². The Balaban J connectivity index is 1.44. The molecule has 0 radical (unpaired) electrons. The predicted octanol–water partition coefficient (Wildman–Crippen LogP) is 2.02. The van der Waals surface area contributed by atoms with Gasteiger partial charge in [0.05, 0.1) is 13.0 Å². The second kappa shape index (κ2) is 9.00. The molecule has 7 nitrogen and oxygen atoms in total. The van der Waals surface area contributed by atoms with Crippen LogP contribution in [0.15, 0.2) is 24.3 Å². The number of hydrogen-bond donors (Lipinski definition) is 1. The van der Waals surface area contributed by atoms with Crippen molar-refractivity contribution in [3.05, 3.63) is 52.3 Å². The summed E-state index contributed by atoms with van der Waals surface area (Å²) in [5, 5.41) is 8.07. The molecule has 0 spiro atoms. The molecule has 4 rings (SSSR count). The SMILES string of the molecule is CCOC(=O)CCNC1CCc2c(c(C(=O)N3CCc4ccccc4C3)nn2C)C1. The van der Waals surface area contributed by atoms with E-state index in [1.54, 1.807) is 0 Å². The van der Waals surface area contributed by atoms with Gasteiger partial charge in [-0.25, -0.2) is 0 Å². The second-order valence-corrected chi connectivity index (χ2v) is 8.09. The fourth-order valence-electron chi connectivity index (χ4n) is 4.57. The second-order valence-electron chi connectivity index (χ2n) is 8.09. The number of carbonyl (C=O) groups is 2. The first-order chi connectivity index (χ1) is 14.6. The maximum atomic E-state index is 13.3. The van der Waals surface area contributed by atoms with Crippen molar-refractivity contribution in [1.29, 1.82) is 0 Å². The molecule has 0 saturated carbocycles. The molecule has 1 N–H and O–H groups in total. The topological polar surface area (TPSA) is 76.5 Å². The summed E-state index contributed by atoms with van der Waals surface area (Å²) in [6, 6.07) is 8.57. The highest BCUT2D eigenvalue weighted by molar-refractivity contribution is 5.94. The highest BCUT2D eigenvalue weighted by atomic mass is 16.5. The van der Waals surface area contributed by atoms with Crippen molar-refractivity contribution in [3.63, 3.8) is 0 Å². The third-order valence-corrected chi connectivity index (χ3v) is 6.14. The van der Waals surface area contributed by atoms with Crippen molar-refractivity contribution in [1.82, 2.24) is 20.0 Å². The minimum Gasteiger partial charge on any atom is -0.466 e. The molecule has 30 heavy (non-hydrogen) atoms. The fourth-order valence-corrected chi connectivity index (χ4v) is 4.57. The Bertz CT molecular complexity index is 937. The number of nitrogens with zero attached hydrogens (tertiary/aromatic N) is 3. The summed E-state index contributed by atoms with van der Waals surface area (Å²) < 4.78 is 6.86. The molecule has 2 aromatic rings. The van der Waals surface area contributed by atoms with Gasteiger partial charge in [0.25, 0.3) is 5.91 Å². The highest BCUT2D eigenvalue weighted by Crippen LogP contribution is 2.27. The van der Waals surface area contributed by atoms with Crippen LogP contribution in [0.4, 0.5) is 0 Å². The van der Waals surface area contributed by atoms with Crippen LogP contribution in [0.1, 0.15) is 52.6 Å².